The molecule has 2 aliphatic rings. The number of ether oxygens (including phenoxy) is 6. The Labute approximate surface area is 431 Å². The summed E-state index contributed by atoms with van der Waals surface area (Å²) in [6.07, 6.45) is 4.81. The smallest absolute Gasteiger partial charge is 0.446 e. The van der Waals surface area contributed by atoms with Crippen LogP contribution in [0.4, 0.5) is 4.39 Å². The van der Waals surface area contributed by atoms with Gasteiger partial charge in [-0.05, 0) is 103 Å². The van der Waals surface area contributed by atoms with Gasteiger partial charge in [0, 0.05) is 61.7 Å². The molecule has 2 aliphatic carbocycles. The Hall–Kier alpha value is -8.20. The maximum absolute atomic E-state index is 13.9. The fourth-order valence-electron chi connectivity index (χ4n) is 8.15. The zero-order valence-corrected chi connectivity index (χ0v) is 41.6. The minimum atomic E-state index is -4.95. The number of ketones is 3. The van der Waals surface area contributed by atoms with Gasteiger partial charge in [-0.15, -0.1) is 0 Å². The number of carbonyl (C=O) groups excluding carboxylic acids is 3. The molecule has 394 valence electrons. The van der Waals surface area contributed by atoms with Gasteiger partial charge in [-0.25, -0.2) is 4.39 Å². The Bertz CT molecular complexity index is 3340. The number of fused-ring (bicyclic) bond motifs is 2. The lowest BCUT2D eigenvalue weighted by molar-refractivity contribution is -0.148. The van der Waals surface area contributed by atoms with Gasteiger partial charge in [0.2, 0.25) is 0 Å². The van der Waals surface area contributed by atoms with E-state index in [1.807, 2.05) is 6.07 Å². The maximum Gasteiger partial charge on any atom is 0.446 e. The van der Waals surface area contributed by atoms with Crippen molar-refractivity contribution in [1.82, 2.24) is 9.97 Å². The van der Waals surface area contributed by atoms with Crippen LogP contribution in [0, 0.1) is 16.6 Å². The number of aliphatic hydroxyl groups is 1. The molecule has 2 fully saturated rings. The van der Waals surface area contributed by atoms with Gasteiger partial charge in [0.25, 0.3) is 0 Å². The third-order valence-corrected chi connectivity index (χ3v) is 12.9. The van der Waals surface area contributed by atoms with Crippen molar-refractivity contribution in [3.63, 3.8) is 0 Å². The number of hydrogen-bond acceptors (Lipinski definition) is 16. The van der Waals surface area contributed by atoms with E-state index in [0.29, 0.717) is 88.3 Å². The van der Waals surface area contributed by atoms with E-state index in [2.05, 4.69) is 14.2 Å². The van der Waals surface area contributed by atoms with Crippen LogP contribution in [0.15, 0.2) is 116 Å². The minimum Gasteiger partial charge on any atom is -0.493 e. The fourth-order valence-corrected chi connectivity index (χ4v) is 8.51. The Morgan fingerprint density at radius 2 is 0.907 bits per heavy atom. The summed E-state index contributed by atoms with van der Waals surface area (Å²) >= 11 is 0. The zero-order chi connectivity index (χ0) is 53.4. The fraction of sp³-hybridized carbons (Fsp3) is 0.273. The summed E-state index contributed by atoms with van der Waals surface area (Å²) < 4.78 is 82.4. The molecule has 18 nitrogen and oxygen atoms in total. The van der Waals surface area contributed by atoms with Crippen LogP contribution in [-0.4, -0.2) is 92.0 Å². The van der Waals surface area contributed by atoms with Crippen LogP contribution in [-0.2, 0) is 48.8 Å². The summed E-state index contributed by atoms with van der Waals surface area (Å²) in [5.41, 5.74) is 0.745. The molecule has 0 aliphatic heterocycles. The van der Waals surface area contributed by atoms with Crippen molar-refractivity contribution in [3.05, 3.63) is 138 Å². The number of pyridine rings is 2. The first-order valence-electron chi connectivity index (χ1n) is 22.8. The molecule has 0 saturated heterocycles. The Morgan fingerprint density at radius 1 is 0.533 bits per heavy atom. The highest BCUT2D eigenvalue weighted by atomic mass is 32.3. The van der Waals surface area contributed by atoms with Crippen molar-refractivity contribution in [2.75, 3.05) is 35.5 Å². The maximum atomic E-state index is 13.9. The summed E-state index contributed by atoms with van der Waals surface area (Å²) in [6, 6.07) is 27.9. The third-order valence-electron chi connectivity index (χ3n) is 12.5. The molecule has 75 heavy (non-hydrogen) atoms. The number of carboxylic acid groups (broad SMARTS) is 1. The number of aromatic nitrogens is 2. The lowest BCUT2D eigenvalue weighted by Crippen LogP contribution is -2.29. The average molecular weight is 1050 g/mol. The van der Waals surface area contributed by atoms with E-state index in [-0.39, 0.29) is 49.6 Å². The van der Waals surface area contributed by atoms with Crippen molar-refractivity contribution in [2.24, 2.45) is 10.8 Å². The molecule has 20 heteroatoms. The number of nitrogens with zero attached hydrogens (tertiary/aromatic N) is 2. The summed E-state index contributed by atoms with van der Waals surface area (Å²) in [5, 5.41) is 17.7. The second kappa shape index (κ2) is 23.8. The van der Waals surface area contributed by atoms with Crippen molar-refractivity contribution in [1.29, 1.82) is 0 Å². The molecule has 0 bridgehead atoms. The zero-order valence-electron chi connectivity index (χ0n) is 40.7. The second-order valence-corrected chi connectivity index (χ2v) is 18.1. The molecule has 2 saturated carbocycles. The molecule has 0 radical (unpaired) electrons. The SMILES string of the molecule is C.CO.COc1cc2nccc(Oc3ccc(CC(=O)C4(C(=O)Cc5ccc(F)c(OS(=O)(=O)O)c5)CC4)cc3)c2cc1OC.COc1cc2nccc(Oc3ccc(CC(=O)C4(C(=O)O)CC4)cc3)c2cc1OC. The molecule has 0 unspecified atom stereocenters. The van der Waals surface area contributed by atoms with Gasteiger partial charge in [-0.2, -0.15) is 8.42 Å². The van der Waals surface area contributed by atoms with E-state index < -0.39 is 38.8 Å². The first-order chi connectivity index (χ1) is 35.5. The molecule has 9 rings (SSSR count). The van der Waals surface area contributed by atoms with Gasteiger partial charge in [0.05, 0.1) is 44.9 Å². The number of halogens is 1. The number of carboxylic acids is 1. The number of carbonyl (C=O) groups is 4. The summed E-state index contributed by atoms with van der Waals surface area (Å²) in [5.74, 6) is 0.897. The molecular weight excluding hydrogens is 996 g/mol. The van der Waals surface area contributed by atoms with Crippen LogP contribution < -0.4 is 32.6 Å². The molecule has 0 spiro atoms. The second-order valence-electron chi connectivity index (χ2n) is 17.1. The Morgan fingerprint density at radius 3 is 1.28 bits per heavy atom. The van der Waals surface area contributed by atoms with E-state index in [4.69, 9.17) is 38.1 Å². The third kappa shape index (κ3) is 13.0. The summed E-state index contributed by atoms with van der Waals surface area (Å²) in [4.78, 5) is 58.6. The van der Waals surface area contributed by atoms with Crippen molar-refractivity contribution in [2.45, 2.75) is 52.4 Å². The number of aliphatic carboxylic acids is 1. The molecular formula is C55H55FN2O16S. The lowest BCUT2D eigenvalue weighted by Gasteiger charge is -2.14. The van der Waals surface area contributed by atoms with Crippen LogP contribution in [0.5, 0.6) is 51.7 Å². The van der Waals surface area contributed by atoms with Gasteiger partial charge in [0.1, 0.15) is 28.4 Å². The number of methoxy groups -OCH3 is 4. The first-order valence-corrected chi connectivity index (χ1v) is 24.1. The number of rotatable bonds is 20. The van der Waals surface area contributed by atoms with Gasteiger partial charge < -0.3 is 42.8 Å². The number of aliphatic hydroxyl groups excluding tert-OH is 1. The average Bonchev–Trinajstić information content (AvgIpc) is 4.34. The number of hydrogen-bond donors (Lipinski definition) is 3. The molecule has 2 heterocycles. The largest absolute Gasteiger partial charge is 0.493 e. The summed E-state index contributed by atoms with van der Waals surface area (Å²) in [7, 11) is 2.28. The minimum absolute atomic E-state index is 0. The monoisotopic (exact) mass is 1050 g/mol. The van der Waals surface area contributed by atoms with Gasteiger partial charge in [-0.1, -0.05) is 37.8 Å². The van der Waals surface area contributed by atoms with Crippen molar-refractivity contribution >= 4 is 55.5 Å². The first kappa shape index (κ1) is 56.1. The Kier molecular flexibility index (Phi) is 17.8. The van der Waals surface area contributed by atoms with Crippen molar-refractivity contribution in [3.8, 4) is 51.7 Å². The van der Waals surface area contributed by atoms with E-state index >= 15 is 0 Å². The molecule has 3 N–H and O–H groups in total. The van der Waals surface area contributed by atoms with Crippen LogP contribution in [0.25, 0.3) is 21.8 Å². The normalized spacial score (nSPS) is 13.5. The standard InChI is InChI=1S/C30H26FNO9S.C23H21NO6.CH4O.CH4/c1-38-26-16-21-23(17-27(26)39-2)32-12-9-24(21)40-20-6-3-18(4-7-20)14-28(33)30(10-11-30)29(34)15-19-5-8-22(31)25(13-19)41-42(35,36)37;1-28-19-12-16-17(13-20(19)29-2)24-10-7-18(16)30-15-5-3-14(4-6-15)11-21(25)23(8-9-23)22(26)27;1-2;/h3-9,12-13,16-17H,10-11,14-15H2,1-2H3,(H,35,36,37);3-7,10,12-13H,8-9,11H2,1-2H3,(H,26,27);2H,1H3;1H4. The quantitative estimate of drug-likeness (QED) is 0.0475. The lowest BCUT2D eigenvalue weighted by atomic mass is 9.88. The molecule has 7 aromatic rings. The highest BCUT2D eigenvalue weighted by molar-refractivity contribution is 7.81. The molecule has 0 amide bonds. The topological polar surface area (TPSA) is 253 Å². The van der Waals surface area contributed by atoms with E-state index in [9.17, 15) is 37.1 Å². The highest BCUT2D eigenvalue weighted by Crippen LogP contribution is 2.49. The number of benzene rings is 5. The highest BCUT2D eigenvalue weighted by Gasteiger charge is 2.56. The van der Waals surface area contributed by atoms with Crippen LogP contribution in [0.3, 0.4) is 0 Å². The van der Waals surface area contributed by atoms with E-state index in [1.54, 1.807) is 120 Å². The summed E-state index contributed by atoms with van der Waals surface area (Å²) in [6.45, 7) is 0. The molecule has 0 atom stereocenters. The predicted molar refractivity (Wildman–Crippen MR) is 273 cm³/mol. The Balaban J connectivity index is 0.000000245. The number of Topliss-reactive ketones (excluding diaryl/α,β-unsaturated/α-hetero) is 3. The van der Waals surface area contributed by atoms with Gasteiger partial charge in [0.15, 0.2) is 51.9 Å². The van der Waals surface area contributed by atoms with Crippen LogP contribution >= 0.6 is 0 Å². The van der Waals surface area contributed by atoms with Crippen LogP contribution in [0.2, 0.25) is 0 Å². The van der Waals surface area contributed by atoms with Crippen molar-refractivity contribution < 1.29 is 79.4 Å². The molecule has 5 aromatic carbocycles. The van der Waals surface area contributed by atoms with Gasteiger partial charge >= 0.3 is 16.4 Å². The van der Waals surface area contributed by atoms with Gasteiger partial charge in [-0.3, -0.25) is 33.7 Å². The van der Waals surface area contributed by atoms with E-state index in [1.165, 1.54) is 6.07 Å². The molecule has 2 aromatic heterocycles. The predicted octanol–water partition coefficient (Wildman–Crippen LogP) is 9.33. The van der Waals surface area contributed by atoms with E-state index in [0.717, 1.165) is 35.6 Å². The van der Waals surface area contributed by atoms with Crippen LogP contribution in [0.1, 0.15) is 49.8 Å².